The van der Waals surface area contributed by atoms with Gasteiger partial charge in [0.1, 0.15) is 5.75 Å². The van der Waals surface area contributed by atoms with Gasteiger partial charge in [-0.25, -0.2) is 0 Å². The number of benzene rings is 1. The van der Waals surface area contributed by atoms with Gasteiger partial charge in [-0.15, -0.1) is 0 Å². The third-order valence-corrected chi connectivity index (χ3v) is 3.13. The van der Waals surface area contributed by atoms with Crippen molar-refractivity contribution in [1.82, 2.24) is 0 Å². The van der Waals surface area contributed by atoms with Crippen LogP contribution in [0.5, 0.6) is 5.75 Å². The highest BCUT2D eigenvalue weighted by Crippen LogP contribution is 2.22. The molecular formula is C16H27NO. The Hall–Kier alpha value is -1.18. The molecule has 0 aliphatic heterocycles. The van der Waals surface area contributed by atoms with Crippen LogP contribution in [-0.2, 0) is 6.42 Å². The third-order valence-electron chi connectivity index (χ3n) is 3.13. The van der Waals surface area contributed by atoms with Crippen molar-refractivity contribution in [3.05, 3.63) is 23.8 Å². The molecule has 18 heavy (non-hydrogen) atoms. The Morgan fingerprint density at radius 3 is 2.44 bits per heavy atom. The molecule has 0 heterocycles. The lowest BCUT2D eigenvalue weighted by Crippen LogP contribution is -2.02. The van der Waals surface area contributed by atoms with Crippen molar-refractivity contribution >= 4 is 5.69 Å². The van der Waals surface area contributed by atoms with Crippen molar-refractivity contribution in [3.8, 4) is 5.75 Å². The van der Waals surface area contributed by atoms with Crippen molar-refractivity contribution in [1.29, 1.82) is 0 Å². The minimum atomic E-state index is 0.960. The Balaban J connectivity index is 2.58. The van der Waals surface area contributed by atoms with Crippen molar-refractivity contribution in [2.24, 2.45) is 0 Å². The molecule has 0 spiro atoms. The molecule has 1 N–H and O–H groups in total. The molecule has 0 aromatic heterocycles. The standard InChI is InChI=1S/C16H27NO/c1-4-6-8-10-17-15-11-14(9-7-5-2)12-16(13-15)18-3/h11-13,17H,4-10H2,1-3H3. The number of hydrogen-bond donors (Lipinski definition) is 1. The molecule has 0 saturated carbocycles. The summed E-state index contributed by atoms with van der Waals surface area (Å²) in [4.78, 5) is 0. The molecule has 0 bridgehead atoms. The Kier molecular flexibility index (Phi) is 7.31. The number of ether oxygens (including phenoxy) is 1. The van der Waals surface area contributed by atoms with Crippen LogP contribution in [-0.4, -0.2) is 13.7 Å². The minimum Gasteiger partial charge on any atom is -0.497 e. The number of unbranched alkanes of at least 4 members (excludes halogenated alkanes) is 3. The number of nitrogens with one attached hydrogen (secondary N) is 1. The summed E-state index contributed by atoms with van der Waals surface area (Å²) in [7, 11) is 1.74. The average Bonchev–Trinajstić information content (AvgIpc) is 2.41. The van der Waals surface area contributed by atoms with E-state index in [-0.39, 0.29) is 0 Å². The van der Waals surface area contributed by atoms with E-state index in [0.717, 1.165) is 18.7 Å². The van der Waals surface area contributed by atoms with Crippen LogP contribution in [0.1, 0.15) is 51.5 Å². The van der Waals surface area contributed by atoms with Gasteiger partial charge in [-0.05, 0) is 37.0 Å². The molecule has 0 atom stereocenters. The fourth-order valence-electron chi connectivity index (χ4n) is 2.01. The number of rotatable bonds is 9. The van der Waals surface area contributed by atoms with Gasteiger partial charge in [0, 0.05) is 18.3 Å². The maximum atomic E-state index is 5.36. The van der Waals surface area contributed by atoms with Crippen LogP contribution in [0.2, 0.25) is 0 Å². The van der Waals surface area contributed by atoms with E-state index in [1.807, 2.05) is 0 Å². The SMILES string of the molecule is CCCCCNc1cc(CCCC)cc(OC)c1. The van der Waals surface area contributed by atoms with E-state index in [1.54, 1.807) is 7.11 Å². The maximum Gasteiger partial charge on any atom is 0.121 e. The van der Waals surface area contributed by atoms with Crippen LogP contribution in [0.15, 0.2) is 18.2 Å². The smallest absolute Gasteiger partial charge is 0.121 e. The van der Waals surface area contributed by atoms with Gasteiger partial charge < -0.3 is 10.1 Å². The van der Waals surface area contributed by atoms with Crippen molar-refractivity contribution in [2.45, 2.75) is 52.4 Å². The molecular weight excluding hydrogens is 222 g/mol. The van der Waals surface area contributed by atoms with Gasteiger partial charge in [0.05, 0.1) is 7.11 Å². The monoisotopic (exact) mass is 249 g/mol. The Labute approximate surface area is 112 Å². The average molecular weight is 249 g/mol. The van der Waals surface area contributed by atoms with E-state index in [2.05, 4.69) is 37.4 Å². The van der Waals surface area contributed by atoms with Gasteiger partial charge in [0.15, 0.2) is 0 Å². The van der Waals surface area contributed by atoms with Crippen LogP contribution in [0.25, 0.3) is 0 Å². The normalized spacial score (nSPS) is 10.4. The fourth-order valence-corrected chi connectivity index (χ4v) is 2.01. The molecule has 2 nitrogen and oxygen atoms in total. The van der Waals surface area contributed by atoms with Gasteiger partial charge in [0.2, 0.25) is 0 Å². The Morgan fingerprint density at radius 1 is 1.00 bits per heavy atom. The summed E-state index contributed by atoms with van der Waals surface area (Å²) in [6, 6.07) is 6.48. The van der Waals surface area contributed by atoms with E-state index >= 15 is 0 Å². The van der Waals surface area contributed by atoms with Gasteiger partial charge in [-0.1, -0.05) is 33.1 Å². The van der Waals surface area contributed by atoms with E-state index < -0.39 is 0 Å². The first-order chi connectivity index (χ1) is 8.80. The highest BCUT2D eigenvalue weighted by molar-refractivity contribution is 5.51. The first-order valence-corrected chi connectivity index (χ1v) is 7.22. The van der Waals surface area contributed by atoms with Crippen LogP contribution >= 0.6 is 0 Å². The summed E-state index contributed by atoms with van der Waals surface area (Å²) in [6.07, 6.45) is 7.40. The van der Waals surface area contributed by atoms with Crippen LogP contribution in [0.4, 0.5) is 5.69 Å². The summed E-state index contributed by atoms with van der Waals surface area (Å²) in [6.45, 7) is 5.51. The van der Waals surface area contributed by atoms with Gasteiger partial charge in [-0.3, -0.25) is 0 Å². The quantitative estimate of drug-likeness (QED) is 0.644. The van der Waals surface area contributed by atoms with Crippen LogP contribution < -0.4 is 10.1 Å². The molecule has 0 amide bonds. The molecule has 0 aliphatic carbocycles. The molecule has 0 fully saturated rings. The third kappa shape index (κ3) is 5.44. The molecule has 0 saturated heterocycles. The molecule has 0 aliphatic rings. The number of anilines is 1. The molecule has 2 heteroatoms. The van der Waals surface area contributed by atoms with Crippen LogP contribution in [0, 0.1) is 0 Å². The topological polar surface area (TPSA) is 21.3 Å². The van der Waals surface area contributed by atoms with E-state index in [9.17, 15) is 0 Å². The second-order valence-corrected chi connectivity index (χ2v) is 4.81. The molecule has 1 aromatic rings. The predicted octanol–water partition coefficient (Wildman–Crippen LogP) is 4.64. The summed E-state index contributed by atoms with van der Waals surface area (Å²) >= 11 is 0. The largest absolute Gasteiger partial charge is 0.497 e. The fraction of sp³-hybridized carbons (Fsp3) is 0.625. The molecule has 0 unspecified atom stereocenters. The predicted molar refractivity (Wildman–Crippen MR) is 79.6 cm³/mol. The summed E-state index contributed by atoms with van der Waals surface area (Å²) in [5.74, 6) is 0.960. The van der Waals surface area contributed by atoms with E-state index in [1.165, 1.54) is 43.4 Å². The lowest BCUT2D eigenvalue weighted by molar-refractivity contribution is 0.414. The highest BCUT2D eigenvalue weighted by atomic mass is 16.5. The lowest BCUT2D eigenvalue weighted by Gasteiger charge is -2.11. The van der Waals surface area contributed by atoms with Crippen molar-refractivity contribution < 1.29 is 4.74 Å². The summed E-state index contributed by atoms with van der Waals surface area (Å²) < 4.78 is 5.36. The second kappa shape index (κ2) is 8.84. The van der Waals surface area contributed by atoms with E-state index in [0.29, 0.717) is 0 Å². The lowest BCUT2D eigenvalue weighted by atomic mass is 10.1. The zero-order chi connectivity index (χ0) is 13.2. The Bertz CT molecular complexity index is 336. The van der Waals surface area contributed by atoms with Crippen molar-refractivity contribution in [3.63, 3.8) is 0 Å². The number of hydrogen-bond acceptors (Lipinski definition) is 2. The van der Waals surface area contributed by atoms with E-state index in [4.69, 9.17) is 4.74 Å². The molecule has 0 radical (unpaired) electrons. The molecule has 1 aromatic carbocycles. The Morgan fingerprint density at radius 2 is 1.78 bits per heavy atom. The highest BCUT2D eigenvalue weighted by Gasteiger charge is 2.01. The van der Waals surface area contributed by atoms with Crippen molar-refractivity contribution in [2.75, 3.05) is 19.0 Å². The van der Waals surface area contributed by atoms with Gasteiger partial charge in [-0.2, -0.15) is 0 Å². The number of aryl methyl sites for hydroxylation is 1. The van der Waals surface area contributed by atoms with Gasteiger partial charge in [0.25, 0.3) is 0 Å². The summed E-state index contributed by atoms with van der Waals surface area (Å²) in [5.41, 5.74) is 2.56. The number of methoxy groups -OCH3 is 1. The zero-order valence-electron chi connectivity index (χ0n) is 12.1. The van der Waals surface area contributed by atoms with Crippen LogP contribution in [0.3, 0.4) is 0 Å². The summed E-state index contributed by atoms with van der Waals surface area (Å²) in [5, 5.41) is 3.49. The van der Waals surface area contributed by atoms with Gasteiger partial charge >= 0.3 is 0 Å². The molecule has 102 valence electrons. The first kappa shape index (κ1) is 14.9. The first-order valence-electron chi connectivity index (χ1n) is 7.22. The minimum absolute atomic E-state index is 0.960. The maximum absolute atomic E-state index is 5.36. The molecule has 1 rings (SSSR count). The zero-order valence-corrected chi connectivity index (χ0v) is 12.1. The second-order valence-electron chi connectivity index (χ2n) is 4.81.